The van der Waals surface area contributed by atoms with Gasteiger partial charge in [-0.2, -0.15) is 0 Å². The molecular formula is C25H50O4. The Balaban J connectivity index is -0.00000158. The molecule has 0 aromatic rings. The third-order valence-electron chi connectivity index (χ3n) is 4.73. The molecule has 0 heterocycles. The molecule has 2 unspecified atom stereocenters. The third-order valence-corrected chi connectivity index (χ3v) is 4.73. The summed E-state index contributed by atoms with van der Waals surface area (Å²) in [7, 11) is 0. The van der Waals surface area contributed by atoms with Gasteiger partial charge >= 0.3 is 11.9 Å². The van der Waals surface area contributed by atoms with Gasteiger partial charge in [0.15, 0.2) is 0 Å². The highest BCUT2D eigenvalue weighted by Crippen LogP contribution is 2.25. The van der Waals surface area contributed by atoms with E-state index in [1.165, 1.54) is 32.1 Å². The van der Waals surface area contributed by atoms with Crippen LogP contribution in [0.15, 0.2) is 12.2 Å². The van der Waals surface area contributed by atoms with Crippen molar-refractivity contribution in [2.24, 2.45) is 11.8 Å². The van der Waals surface area contributed by atoms with Crippen LogP contribution in [0.2, 0.25) is 0 Å². The predicted molar refractivity (Wildman–Crippen MR) is 125 cm³/mol. The van der Waals surface area contributed by atoms with Crippen LogP contribution in [0, 0.1) is 11.8 Å². The zero-order valence-electron chi connectivity index (χ0n) is 20.2. The van der Waals surface area contributed by atoms with Crippen molar-refractivity contribution in [1.29, 1.82) is 0 Å². The van der Waals surface area contributed by atoms with Crippen LogP contribution in [0.1, 0.15) is 125 Å². The molecule has 0 rings (SSSR count). The fourth-order valence-electron chi connectivity index (χ4n) is 3.16. The van der Waals surface area contributed by atoms with Gasteiger partial charge in [-0.15, -0.1) is 0 Å². The van der Waals surface area contributed by atoms with Crippen molar-refractivity contribution in [3.8, 4) is 0 Å². The van der Waals surface area contributed by atoms with E-state index in [2.05, 4.69) is 19.9 Å². The van der Waals surface area contributed by atoms with Gasteiger partial charge < -0.3 is 10.2 Å². The number of aliphatic carboxylic acids is 2. The lowest BCUT2D eigenvalue weighted by Crippen LogP contribution is -2.25. The number of hydrogen-bond acceptors (Lipinski definition) is 2. The summed E-state index contributed by atoms with van der Waals surface area (Å²) >= 11 is 0. The molecule has 0 saturated carbocycles. The normalized spacial score (nSPS) is 12.3. The first-order valence-corrected chi connectivity index (χ1v) is 12.1. The average molecular weight is 415 g/mol. The first-order chi connectivity index (χ1) is 14.0. The molecule has 29 heavy (non-hydrogen) atoms. The number of hydrogen-bond donors (Lipinski definition) is 2. The van der Waals surface area contributed by atoms with Crippen LogP contribution in [0.3, 0.4) is 0 Å². The highest BCUT2D eigenvalue weighted by molar-refractivity contribution is 5.78. The van der Waals surface area contributed by atoms with Crippen LogP contribution in [0.25, 0.3) is 0 Å². The summed E-state index contributed by atoms with van der Waals surface area (Å²) in [5.41, 5.74) is 0. The molecule has 4 heteroatoms. The Labute approximate surface area is 181 Å². The fraction of sp³-hybridized carbons (Fsp3) is 0.840. The molecule has 0 radical (unpaired) electrons. The summed E-state index contributed by atoms with van der Waals surface area (Å²) in [4.78, 5) is 22.5. The van der Waals surface area contributed by atoms with Gasteiger partial charge in [0, 0.05) is 0 Å². The lowest BCUT2D eigenvalue weighted by atomic mass is 9.84. The van der Waals surface area contributed by atoms with Gasteiger partial charge in [0.05, 0.1) is 12.3 Å². The number of carbonyl (C=O) groups is 2. The smallest absolute Gasteiger partial charge is 0.307 e. The van der Waals surface area contributed by atoms with Crippen molar-refractivity contribution in [3.05, 3.63) is 12.2 Å². The maximum absolute atomic E-state index is 11.5. The molecule has 4 nitrogen and oxygen atoms in total. The van der Waals surface area contributed by atoms with E-state index in [1.54, 1.807) is 0 Å². The number of carboxylic acid groups (broad SMARTS) is 2. The lowest BCUT2D eigenvalue weighted by molar-refractivity contribution is -0.149. The summed E-state index contributed by atoms with van der Waals surface area (Å²) in [6, 6.07) is 0. The Morgan fingerprint density at radius 2 is 1.24 bits per heavy atom. The van der Waals surface area contributed by atoms with Crippen molar-refractivity contribution in [2.75, 3.05) is 0 Å². The summed E-state index contributed by atoms with van der Waals surface area (Å²) in [6.07, 6.45) is 17.2. The zero-order chi connectivity index (χ0) is 22.9. The van der Waals surface area contributed by atoms with E-state index in [1.807, 2.05) is 33.8 Å². The van der Waals surface area contributed by atoms with Crippen LogP contribution >= 0.6 is 0 Å². The van der Waals surface area contributed by atoms with E-state index < -0.39 is 17.9 Å². The largest absolute Gasteiger partial charge is 0.481 e. The van der Waals surface area contributed by atoms with E-state index in [4.69, 9.17) is 5.11 Å². The molecule has 0 aliphatic carbocycles. The zero-order valence-corrected chi connectivity index (χ0v) is 20.2. The Morgan fingerprint density at radius 3 is 1.72 bits per heavy atom. The minimum absolute atomic E-state index is 0.175. The number of carboxylic acids is 2. The first kappa shape index (κ1) is 32.3. The average Bonchev–Trinajstić information content (AvgIpc) is 2.72. The number of allylic oxidation sites excluding steroid dienone is 2. The van der Waals surface area contributed by atoms with Crippen molar-refractivity contribution < 1.29 is 19.8 Å². The molecule has 2 N–H and O–H groups in total. The van der Waals surface area contributed by atoms with Gasteiger partial charge in [0.2, 0.25) is 0 Å². The molecule has 0 aliphatic rings. The van der Waals surface area contributed by atoms with Gasteiger partial charge in [-0.1, -0.05) is 111 Å². The Bertz CT molecular complexity index is 377. The van der Waals surface area contributed by atoms with Gasteiger partial charge in [-0.3, -0.25) is 9.59 Å². The predicted octanol–water partition coefficient (Wildman–Crippen LogP) is 8.11. The maximum atomic E-state index is 11.5. The molecule has 0 bridgehead atoms. The van der Waals surface area contributed by atoms with E-state index in [-0.39, 0.29) is 12.3 Å². The first-order valence-electron chi connectivity index (χ1n) is 12.1. The lowest BCUT2D eigenvalue weighted by Gasteiger charge is -2.20. The molecule has 2 atom stereocenters. The summed E-state index contributed by atoms with van der Waals surface area (Å²) in [5, 5.41) is 18.4. The second-order valence-electron chi connectivity index (χ2n) is 7.04. The highest BCUT2D eigenvalue weighted by atomic mass is 16.4. The summed E-state index contributed by atoms with van der Waals surface area (Å²) in [6.45, 7) is 12.3. The SMILES string of the molecule is CC.CC.CCCCCCCC/C=C/C(CCCCCC)C(CC(=O)O)C(=O)O. The number of rotatable bonds is 17. The number of unbranched alkanes of at least 4 members (excludes halogenated alkanes) is 9. The summed E-state index contributed by atoms with van der Waals surface area (Å²) in [5.74, 6) is -3.02. The molecule has 174 valence electrons. The van der Waals surface area contributed by atoms with Crippen LogP contribution in [-0.4, -0.2) is 22.2 Å². The third kappa shape index (κ3) is 22.8. The monoisotopic (exact) mass is 414 g/mol. The van der Waals surface area contributed by atoms with E-state index >= 15 is 0 Å². The van der Waals surface area contributed by atoms with Crippen molar-refractivity contribution in [3.63, 3.8) is 0 Å². The molecule has 0 aromatic carbocycles. The standard InChI is InChI=1S/C21H38O4.2C2H6/c1-3-5-7-9-10-11-12-14-16-18(15-13-8-6-4-2)19(21(24)25)17-20(22)23;2*1-2/h14,16,18-19H,3-13,15,17H2,1-2H3,(H,22,23)(H,24,25);2*1-2H3/b16-14+;;. The van der Waals surface area contributed by atoms with Gasteiger partial charge in [0.25, 0.3) is 0 Å². The molecule has 0 saturated heterocycles. The Morgan fingerprint density at radius 1 is 0.759 bits per heavy atom. The quantitative estimate of drug-likeness (QED) is 0.186. The molecule has 0 spiro atoms. The van der Waals surface area contributed by atoms with Gasteiger partial charge in [-0.05, 0) is 25.2 Å². The van der Waals surface area contributed by atoms with E-state index in [0.29, 0.717) is 0 Å². The Kier molecular flexibility index (Phi) is 29.8. The maximum Gasteiger partial charge on any atom is 0.307 e. The molecule has 0 aromatic heterocycles. The highest BCUT2D eigenvalue weighted by Gasteiger charge is 2.28. The van der Waals surface area contributed by atoms with Crippen LogP contribution in [-0.2, 0) is 9.59 Å². The molecule has 0 amide bonds. The molecular weight excluding hydrogens is 364 g/mol. The van der Waals surface area contributed by atoms with Gasteiger partial charge in [-0.25, -0.2) is 0 Å². The van der Waals surface area contributed by atoms with Crippen LogP contribution in [0.4, 0.5) is 0 Å². The molecule has 0 fully saturated rings. The van der Waals surface area contributed by atoms with E-state index in [0.717, 1.165) is 44.9 Å². The minimum Gasteiger partial charge on any atom is -0.481 e. The van der Waals surface area contributed by atoms with Crippen LogP contribution < -0.4 is 0 Å². The van der Waals surface area contributed by atoms with E-state index in [9.17, 15) is 14.7 Å². The second-order valence-corrected chi connectivity index (χ2v) is 7.04. The van der Waals surface area contributed by atoms with Crippen LogP contribution in [0.5, 0.6) is 0 Å². The minimum atomic E-state index is -1.03. The molecule has 0 aliphatic heterocycles. The summed E-state index contributed by atoms with van der Waals surface area (Å²) < 4.78 is 0. The Hall–Kier alpha value is -1.32. The van der Waals surface area contributed by atoms with Gasteiger partial charge in [0.1, 0.15) is 0 Å². The second kappa shape index (κ2) is 26.7. The van der Waals surface area contributed by atoms with Crippen molar-refractivity contribution >= 4 is 11.9 Å². The van der Waals surface area contributed by atoms with Crippen molar-refractivity contribution in [2.45, 2.75) is 125 Å². The fourth-order valence-corrected chi connectivity index (χ4v) is 3.16. The topological polar surface area (TPSA) is 74.6 Å². The van der Waals surface area contributed by atoms with Crippen molar-refractivity contribution in [1.82, 2.24) is 0 Å².